The normalized spacial score (nSPS) is 10.8. The Bertz CT molecular complexity index is 1060. The molecular weight excluding hydrogens is 338 g/mol. The third-order valence-corrected chi connectivity index (χ3v) is 4.29. The molecule has 2 aromatic heterocycles. The Kier molecular flexibility index (Phi) is 4.87. The molecule has 0 bridgehead atoms. The molecule has 2 aromatic carbocycles. The highest BCUT2D eigenvalue weighted by Crippen LogP contribution is 2.16. The van der Waals surface area contributed by atoms with Crippen molar-refractivity contribution >= 4 is 16.9 Å². The maximum absolute atomic E-state index is 12.3. The van der Waals surface area contributed by atoms with Crippen molar-refractivity contribution in [2.45, 2.75) is 13.0 Å². The van der Waals surface area contributed by atoms with Gasteiger partial charge in [-0.2, -0.15) is 0 Å². The van der Waals surface area contributed by atoms with E-state index < -0.39 is 0 Å². The van der Waals surface area contributed by atoms with E-state index in [4.69, 9.17) is 0 Å². The number of hydrogen-bond acceptors (Lipinski definition) is 4. The van der Waals surface area contributed by atoms with Crippen LogP contribution < -0.4 is 5.32 Å². The lowest BCUT2D eigenvalue weighted by Crippen LogP contribution is -2.26. The number of rotatable bonds is 6. The number of aromatic nitrogens is 4. The Hall–Kier alpha value is -3.54. The Morgan fingerprint density at radius 1 is 0.963 bits per heavy atom. The zero-order valence-electron chi connectivity index (χ0n) is 14.7. The summed E-state index contributed by atoms with van der Waals surface area (Å²) in [5, 5.41) is 2.91. The molecule has 2 heterocycles. The number of fused-ring (bicyclic) bond motifs is 1. The largest absolute Gasteiger partial charge is 0.351 e. The van der Waals surface area contributed by atoms with E-state index in [1.165, 1.54) is 6.20 Å². The molecule has 0 aliphatic carbocycles. The van der Waals surface area contributed by atoms with Crippen molar-refractivity contribution in [1.29, 1.82) is 0 Å². The minimum atomic E-state index is -0.206. The minimum absolute atomic E-state index is 0.206. The number of para-hydroxylation sites is 2. The van der Waals surface area contributed by atoms with Crippen LogP contribution in [0, 0.1) is 0 Å². The summed E-state index contributed by atoms with van der Waals surface area (Å²) in [5.41, 5.74) is 2.91. The zero-order chi connectivity index (χ0) is 18.5. The average Bonchev–Trinajstić information content (AvgIpc) is 3.20. The van der Waals surface area contributed by atoms with Gasteiger partial charge in [0, 0.05) is 31.0 Å². The summed E-state index contributed by atoms with van der Waals surface area (Å²) in [5.74, 6) is 0.726. The standard InChI is InChI=1S/C21H19N5O/c27-21(19-15-24-17-9-4-5-10-18(17)25-19)23-11-6-13-26-14-12-22-20(26)16-7-2-1-3-8-16/h1-5,7-10,12,14-15H,6,11,13H2,(H,23,27). The number of imidazole rings is 1. The average molecular weight is 357 g/mol. The summed E-state index contributed by atoms with van der Waals surface area (Å²) in [6, 6.07) is 17.6. The second-order valence-corrected chi connectivity index (χ2v) is 6.16. The van der Waals surface area contributed by atoms with E-state index in [9.17, 15) is 4.79 Å². The van der Waals surface area contributed by atoms with Crippen molar-refractivity contribution < 1.29 is 4.79 Å². The summed E-state index contributed by atoms with van der Waals surface area (Å²) >= 11 is 0. The monoisotopic (exact) mass is 357 g/mol. The van der Waals surface area contributed by atoms with Gasteiger partial charge in [-0.1, -0.05) is 42.5 Å². The summed E-state index contributed by atoms with van der Waals surface area (Å²) in [6.45, 7) is 1.33. The number of nitrogens with zero attached hydrogens (tertiary/aromatic N) is 4. The molecular formula is C21H19N5O. The molecule has 0 aliphatic heterocycles. The van der Waals surface area contributed by atoms with Gasteiger partial charge in [0.2, 0.25) is 0 Å². The van der Waals surface area contributed by atoms with Gasteiger partial charge in [0.1, 0.15) is 11.5 Å². The van der Waals surface area contributed by atoms with Crippen LogP contribution in [0.5, 0.6) is 0 Å². The predicted octanol–water partition coefficient (Wildman–Crippen LogP) is 3.31. The highest BCUT2D eigenvalue weighted by atomic mass is 16.1. The molecule has 0 saturated heterocycles. The Balaban J connectivity index is 1.34. The van der Waals surface area contributed by atoms with Gasteiger partial charge in [0.15, 0.2) is 0 Å². The van der Waals surface area contributed by atoms with E-state index >= 15 is 0 Å². The molecule has 1 N–H and O–H groups in total. The number of nitrogens with one attached hydrogen (secondary N) is 1. The summed E-state index contributed by atoms with van der Waals surface area (Å²) in [7, 11) is 0. The van der Waals surface area contributed by atoms with Crippen molar-refractivity contribution in [1.82, 2.24) is 24.8 Å². The lowest BCUT2D eigenvalue weighted by molar-refractivity contribution is 0.0948. The van der Waals surface area contributed by atoms with Gasteiger partial charge in [-0.3, -0.25) is 9.78 Å². The van der Waals surface area contributed by atoms with E-state index in [0.717, 1.165) is 35.4 Å². The van der Waals surface area contributed by atoms with Gasteiger partial charge in [-0.05, 0) is 18.6 Å². The summed E-state index contributed by atoms with van der Waals surface area (Å²) < 4.78 is 2.09. The van der Waals surface area contributed by atoms with Gasteiger partial charge in [-0.15, -0.1) is 0 Å². The molecule has 134 valence electrons. The quantitative estimate of drug-likeness (QED) is 0.537. The maximum Gasteiger partial charge on any atom is 0.271 e. The fourth-order valence-electron chi connectivity index (χ4n) is 2.95. The first-order chi connectivity index (χ1) is 13.3. The van der Waals surface area contributed by atoms with Crippen LogP contribution in [0.2, 0.25) is 0 Å². The van der Waals surface area contributed by atoms with Crippen molar-refractivity contribution in [3.63, 3.8) is 0 Å². The van der Waals surface area contributed by atoms with Crippen molar-refractivity contribution in [2.75, 3.05) is 6.54 Å². The molecule has 0 atom stereocenters. The maximum atomic E-state index is 12.3. The van der Waals surface area contributed by atoms with E-state index in [1.807, 2.05) is 60.8 Å². The molecule has 4 aromatic rings. The van der Waals surface area contributed by atoms with E-state index in [1.54, 1.807) is 6.20 Å². The first kappa shape index (κ1) is 16.9. The zero-order valence-corrected chi connectivity index (χ0v) is 14.7. The smallest absolute Gasteiger partial charge is 0.271 e. The molecule has 0 saturated carbocycles. The Labute approximate surface area is 156 Å². The summed E-state index contributed by atoms with van der Waals surface area (Å²) in [6.07, 6.45) is 6.06. The molecule has 27 heavy (non-hydrogen) atoms. The lowest BCUT2D eigenvalue weighted by atomic mass is 10.2. The van der Waals surface area contributed by atoms with Crippen molar-refractivity contribution in [2.24, 2.45) is 0 Å². The first-order valence-corrected chi connectivity index (χ1v) is 8.88. The van der Waals surface area contributed by atoms with Gasteiger partial charge in [-0.25, -0.2) is 9.97 Å². The van der Waals surface area contributed by atoms with Crippen LogP contribution >= 0.6 is 0 Å². The topological polar surface area (TPSA) is 72.7 Å². The highest BCUT2D eigenvalue weighted by molar-refractivity contribution is 5.93. The third kappa shape index (κ3) is 3.84. The van der Waals surface area contributed by atoms with Crippen LogP contribution in [0.1, 0.15) is 16.9 Å². The molecule has 6 heteroatoms. The van der Waals surface area contributed by atoms with Crippen LogP contribution in [-0.2, 0) is 6.54 Å². The Morgan fingerprint density at radius 2 is 1.74 bits per heavy atom. The van der Waals surface area contributed by atoms with Crippen LogP contribution in [0.3, 0.4) is 0 Å². The van der Waals surface area contributed by atoms with Crippen molar-refractivity contribution in [3.05, 3.63) is 78.9 Å². The minimum Gasteiger partial charge on any atom is -0.351 e. The lowest BCUT2D eigenvalue weighted by Gasteiger charge is -2.09. The Morgan fingerprint density at radius 3 is 2.59 bits per heavy atom. The third-order valence-electron chi connectivity index (χ3n) is 4.29. The van der Waals surface area contributed by atoms with Crippen molar-refractivity contribution in [3.8, 4) is 11.4 Å². The van der Waals surface area contributed by atoms with Gasteiger partial charge in [0.25, 0.3) is 5.91 Å². The summed E-state index contributed by atoms with van der Waals surface area (Å²) in [4.78, 5) is 25.4. The van der Waals surface area contributed by atoms with Crippen LogP contribution in [0.4, 0.5) is 0 Å². The first-order valence-electron chi connectivity index (χ1n) is 8.88. The number of carbonyl (C=O) groups excluding carboxylic acids is 1. The second-order valence-electron chi connectivity index (χ2n) is 6.16. The highest BCUT2D eigenvalue weighted by Gasteiger charge is 2.09. The SMILES string of the molecule is O=C(NCCCn1ccnc1-c1ccccc1)c1cnc2ccccc2n1. The molecule has 0 fully saturated rings. The van der Waals surface area contributed by atoms with E-state index in [0.29, 0.717) is 12.2 Å². The number of carbonyl (C=O) groups is 1. The number of amides is 1. The molecule has 0 unspecified atom stereocenters. The fraction of sp³-hybridized carbons (Fsp3) is 0.143. The fourth-order valence-corrected chi connectivity index (χ4v) is 2.95. The van der Waals surface area contributed by atoms with Crippen LogP contribution in [-0.4, -0.2) is 32.0 Å². The van der Waals surface area contributed by atoms with Gasteiger partial charge < -0.3 is 9.88 Å². The number of hydrogen-bond donors (Lipinski definition) is 1. The van der Waals surface area contributed by atoms with E-state index in [-0.39, 0.29) is 5.91 Å². The molecule has 0 aliphatic rings. The van der Waals surface area contributed by atoms with E-state index in [2.05, 4.69) is 24.8 Å². The number of aryl methyl sites for hydroxylation is 1. The second kappa shape index (κ2) is 7.78. The van der Waals surface area contributed by atoms with Gasteiger partial charge in [0.05, 0.1) is 17.2 Å². The molecule has 6 nitrogen and oxygen atoms in total. The molecule has 1 amide bonds. The molecule has 4 rings (SSSR count). The molecule has 0 spiro atoms. The number of benzene rings is 2. The van der Waals surface area contributed by atoms with Crippen LogP contribution in [0.15, 0.2) is 73.2 Å². The van der Waals surface area contributed by atoms with Crippen LogP contribution in [0.25, 0.3) is 22.4 Å². The molecule has 0 radical (unpaired) electrons. The van der Waals surface area contributed by atoms with Gasteiger partial charge >= 0.3 is 0 Å². The predicted molar refractivity (Wildman–Crippen MR) is 104 cm³/mol.